The molecule has 0 unspecified atom stereocenters. The van der Waals surface area contributed by atoms with Gasteiger partial charge >= 0.3 is 0 Å². The molecule has 0 radical (unpaired) electrons. The summed E-state index contributed by atoms with van der Waals surface area (Å²) in [6, 6.07) is 16.6. The SMILES string of the molecule is CNc1ccc(N(C)Cc2ccc(OC)cc2)cc1. The zero-order valence-electron chi connectivity index (χ0n) is 11.7. The topological polar surface area (TPSA) is 24.5 Å². The van der Waals surface area contributed by atoms with Crippen LogP contribution >= 0.6 is 0 Å². The lowest BCUT2D eigenvalue weighted by Crippen LogP contribution is -2.16. The fourth-order valence-electron chi connectivity index (χ4n) is 1.98. The van der Waals surface area contributed by atoms with E-state index in [0.29, 0.717) is 0 Å². The molecule has 2 rings (SSSR count). The molecule has 0 aliphatic carbocycles. The van der Waals surface area contributed by atoms with E-state index in [2.05, 4.69) is 53.7 Å². The van der Waals surface area contributed by atoms with E-state index in [-0.39, 0.29) is 0 Å². The largest absolute Gasteiger partial charge is 0.497 e. The highest BCUT2D eigenvalue weighted by Gasteiger charge is 2.02. The average Bonchev–Trinajstić information content (AvgIpc) is 2.48. The number of methoxy groups -OCH3 is 1. The minimum Gasteiger partial charge on any atom is -0.497 e. The van der Waals surface area contributed by atoms with Crippen molar-refractivity contribution in [1.82, 2.24) is 0 Å². The molecule has 0 spiro atoms. The minimum atomic E-state index is 0.878. The summed E-state index contributed by atoms with van der Waals surface area (Å²) in [6.07, 6.45) is 0. The van der Waals surface area contributed by atoms with Gasteiger partial charge < -0.3 is 15.0 Å². The Hall–Kier alpha value is -2.16. The summed E-state index contributed by atoms with van der Waals surface area (Å²) < 4.78 is 5.16. The van der Waals surface area contributed by atoms with Crippen LogP contribution in [-0.2, 0) is 6.54 Å². The maximum absolute atomic E-state index is 5.16. The van der Waals surface area contributed by atoms with Crippen molar-refractivity contribution in [3.05, 3.63) is 54.1 Å². The van der Waals surface area contributed by atoms with Crippen molar-refractivity contribution in [2.75, 3.05) is 31.4 Å². The highest BCUT2D eigenvalue weighted by molar-refractivity contribution is 5.54. The summed E-state index contributed by atoms with van der Waals surface area (Å²) in [5.74, 6) is 0.893. The molecule has 0 aliphatic heterocycles. The fraction of sp³-hybridized carbons (Fsp3) is 0.250. The van der Waals surface area contributed by atoms with Gasteiger partial charge in [-0.2, -0.15) is 0 Å². The summed E-state index contributed by atoms with van der Waals surface area (Å²) in [4.78, 5) is 2.22. The van der Waals surface area contributed by atoms with E-state index in [4.69, 9.17) is 4.74 Å². The van der Waals surface area contributed by atoms with Gasteiger partial charge in [-0.25, -0.2) is 0 Å². The van der Waals surface area contributed by atoms with E-state index in [1.165, 1.54) is 11.3 Å². The molecule has 0 aliphatic rings. The number of rotatable bonds is 5. The Morgan fingerprint density at radius 2 is 1.63 bits per heavy atom. The Bertz CT molecular complexity index is 505. The van der Waals surface area contributed by atoms with Gasteiger partial charge in [0.15, 0.2) is 0 Å². The first kappa shape index (κ1) is 13.3. The number of ether oxygens (including phenoxy) is 1. The lowest BCUT2D eigenvalue weighted by molar-refractivity contribution is 0.414. The van der Waals surface area contributed by atoms with E-state index >= 15 is 0 Å². The van der Waals surface area contributed by atoms with Crippen LogP contribution in [0.3, 0.4) is 0 Å². The van der Waals surface area contributed by atoms with Crippen LogP contribution in [0.4, 0.5) is 11.4 Å². The smallest absolute Gasteiger partial charge is 0.118 e. The molecule has 2 aromatic rings. The third-order valence-electron chi connectivity index (χ3n) is 3.18. The molecule has 0 saturated carbocycles. The second kappa shape index (κ2) is 6.14. The summed E-state index contributed by atoms with van der Waals surface area (Å²) >= 11 is 0. The maximum Gasteiger partial charge on any atom is 0.118 e. The lowest BCUT2D eigenvalue weighted by atomic mass is 10.2. The minimum absolute atomic E-state index is 0.878. The van der Waals surface area contributed by atoms with Crippen molar-refractivity contribution in [2.24, 2.45) is 0 Å². The van der Waals surface area contributed by atoms with Gasteiger partial charge in [-0.05, 0) is 42.0 Å². The third-order valence-corrected chi connectivity index (χ3v) is 3.18. The summed E-state index contributed by atoms with van der Waals surface area (Å²) in [7, 11) is 5.71. The fourth-order valence-corrected chi connectivity index (χ4v) is 1.98. The molecule has 0 heterocycles. The zero-order chi connectivity index (χ0) is 13.7. The summed E-state index contributed by atoms with van der Waals surface area (Å²) in [5, 5.41) is 3.12. The van der Waals surface area contributed by atoms with Crippen LogP contribution in [0.25, 0.3) is 0 Å². The van der Waals surface area contributed by atoms with Gasteiger partial charge in [0.2, 0.25) is 0 Å². The highest BCUT2D eigenvalue weighted by Crippen LogP contribution is 2.19. The Labute approximate surface area is 114 Å². The number of hydrogen-bond acceptors (Lipinski definition) is 3. The van der Waals surface area contributed by atoms with Crippen molar-refractivity contribution < 1.29 is 4.74 Å². The van der Waals surface area contributed by atoms with Crippen LogP contribution < -0.4 is 15.0 Å². The van der Waals surface area contributed by atoms with E-state index < -0.39 is 0 Å². The molecule has 0 aromatic heterocycles. The van der Waals surface area contributed by atoms with Crippen LogP contribution in [0.2, 0.25) is 0 Å². The van der Waals surface area contributed by atoms with Crippen LogP contribution in [0, 0.1) is 0 Å². The number of benzene rings is 2. The Morgan fingerprint density at radius 1 is 1.00 bits per heavy atom. The van der Waals surface area contributed by atoms with E-state index in [1.54, 1.807) is 7.11 Å². The maximum atomic E-state index is 5.16. The molecule has 1 N–H and O–H groups in total. The molecule has 19 heavy (non-hydrogen) atoms. The molecule has 100 valence electrons. The van der Waals surface area contributed by atoms with Crippen molar-refractivity contribution in [3.63, 3.8) is 0 Å². The van der Waals surface area contributed by atoms with Gasteiger partial charge in [0, 0.05) is 32.0 Å². The quantitative estimate of drug-likeness (QED) is 0.887. The number of nitrogens with one attached hydrogen (secondary N) is 1. The molecular formula is C16H20N2O. The number of hydrogen-bond donors (Lipinski definition) is 1. The molecule has 3 heteroatoms. The normalized spacial score (nSPS) is 10.1. The predicted molar refractivity (Wildman–Crippen MR) is 81.1 cm³/mol. The first-order valence-corrected chi connectivity index (χ1v) is 6.35. The molecule has 3 nitrogen and oxygen atoms in total. The molecule has 0 bridgehead atoms. The van der Waals surface area contributed by atoms with Crippen LogP contribution in [0.1, 0.15) is 5.56 Å². The van der Waals surface area contributed by atoms with Crippen molar-refractivity contribution >= 4 is 11.4 Å². The summed E-state index contributed by atoms with van der Waals surface area (Å²) in [5.41, 5.74) is 3.59. The summed E-state index contributed by atoms with van der Waals surface area (Å²) in [6.45, 7) is 0.878. The predicted octanol–water partition coefficient (Wildman–Crippen LogP) is 3.37. The van der Waals surface area contributed by atoms with Gasteiger partial charge in [0.05, 0.1) is 7.11 Å². The standard InChI is InChI=1S/C16H20N2O/c1-17-14-6-8-15(9-7-14)18(2)12-13-4-10-16(19-3)11-5-13/h4-11,17H,12H2,1-3H3. The molecule has 0 saturated heterocycles. The lowest BCUT2D eigenvalue weighted by Gasteiger charge is -2.20. The third kappa shape index (κ3) is 3.41. The molecule has 0 atom stereocenters. The zero-order valence-corrected chi connectivity index (χ0v) is 11.7. The second-order valence-electron chi connectivity index (χ2n) is 4.50. The van der Waals surface area contributed by atoms with Crippen molar-refractivity contribution in [2.45, 2.75) is 6.54 Å². The number of anilines is 2. The van der Waals surface area contributed by atoms with Gasteiger partial charge in [-0.1, -0.05) is 12.1 Å². The second-order valence-corrected chi connectivity index (χ2v) is 4.50. The molecule has 0 amide bonds. The van der Waals surface area contributed by atoms with E-state index in [1.807, 2.05) is 19.2 Å². The first-order chi connectivity index (χ1) is 9.22. The first-order valence-electron chi connectivity index (χ1n) is 6.35. The van der Waals surface area contributed by atoms with E-state index in [9.17, 15) is 0 Å². The Kier molecular flexibility index (Phi) is 4.29. The molecular weight excluding hydrogens is 236 g/mol. The van der Waals surface area contributed by atoms with Crippen molar-refractivity contribution in [3.8, 4) is 5.75 Å². The van der Waals surface area contributed by atoms with E-state index in [0.717, 1.165) is 18.0 Å². The van der Waals surface area contributed by atoms with Gasteiger partial charge in [-0.3, -0.25) is 0 Å². The molecule has 0 fully saturated rings. The van der Waals surface area contributed by atoms with Crippen LogP contribution in [-0.4, -0.2) is 21.2 Å². The monoisotopic (exact) mass is 256 g/mol. The Morgan fingerprint density at radius 3 is 2.16 bits per heavy atom. The molecule has 2 aromatic carbocycles. The Balaban J connectivity index is 2.04. The number of nitrogens with zero attached hydrogens (tertiary/aromatic N) is 1. The van der Waals surface area contributed by atoms with Gasteiger partial charge in [-0.15, -0.1) is 0 Å². The van der Waals surface area contributed by atoms with Gasteiger partial charge in [0.25, 0.3) is 0 Å². The van der Waals surface area contributed by atoms with Gasteiger partial charge in [0.1, 0.15) is 5.75 Å². The average molecular weight is 256 g/mol. The van der Waals surface area contributed by atoms with Crippen LogP contribution in [0.15, 0.2) is 48.5 Å². The van der Waals surface area contributed by atoms with Crippen molar-refractivity contribution in [1.29, 1.82) is 0 Å². The highest BCUT2D eigenvalue weighted by atomic mass is 16.5. The van der Waals surface area contributed by atoms with Crippen LogP contribution in [0.5, 0.6) is 5.75 Å².